The third-order valence-electron chi connectivity index (χ3n) is 12.4. The molecule has 0 amide bonds. The Morgan fingerprint density at radius 3 is 2.65 bits per heavy atom. The molecule has 6 aliphatic rings. The number of thiocarbonyl (C=S) groups is 1. The Labute approximate surface area is 258 Å². The van der Waals surface area contributed by atoms with Crippen LogP contribution in [0.1, 0.15) is 78.1 Å². The Balaban J connectivity index is 1.27. The smallest absolute Gasteiger partial charge is 0.331 e. The number of hydrogen-bond acceptors (Lipinski definition) is 10. The number of carbonyl (C=O) groups is 1. The van der Waals surface area contributed by atoms with E-state index in [9.17, 15) is 20.1 Å². The Morgan fingerprint density at radius 1 is 1.19 bits per heavy atom. The van der Waals surface area contributed by atoms with Gasteiger partial charge in [-0.3, -0.25) is 5.43 Å². The number of hydrazone groups is 1. The lowest BCUT2D eigenvalue weighted by molar-refractivity contribution is -0.284. The lowest BCUT2D eigenvalue weighted by atomic mass is 9.41. The Kier molecular flexibility index (Phi) is 8.22. The molecule has 5 fully saturated rings. The van der Waals surface area contributed by atoms with Crippen LogP contribution in [0.2, 0.25) is 0 Å². The maximum absolute atomic E-state index is 12.6. The minimum absolute atomic E-state index is 0.0182. The zero-order chi connectivity index (χ0) is 30.8. The van der Waals surface area contributed by atoms with Crippen molar-refractivity contribution in [3.63, 3.8) is 0 Å². The Bertz CT molecular complexity index is 1190. The fourth-order valence-electron chi connectivity index (χ4n) is 10.2. The van der Waals surface area contributed by atoms with Crippen molar-refractivity contribution in [2.24, 2.45) is 39.4 Å². The van der Waals surface area contributed by atoms with Crippen LogP contribution in [0.25, 0.3) is 0 Å². The van der Waals surface area contributed by atoms with E-state index in [1.165, 1.54) is 0 Å². The van der Waals surface area contributed by atoms with Gasteiger partial charge in [0.1, 0.15) is 12.7 Å². The molecular weight excluding hydrogens is 574 g/mol. The number of carbonyl (C=O) groups excluding carboxylic acids is 1. The summed E-state index contributed by atoms with van der Waals surface area (Å²) in [5, 5.41) is 40.1. The summed E-state index contributed by atoms with van der Waals surface area (Å²) in [6, 6.07) is 0. The molecule has 1 saturated heterocycles. The van der Waals surface area contributed by atoms with Gasteiger partial charge in [0.25, 0.3) is 0 Å². The van der Waals surface area contributed by atoms with E-state index in [0.717, 1.165) is 24.8 Å². The molecule has 11 nitrogen and oxygen atoms in total. The molecule has 4 aliphatic carbocycles. The molecule has 6 N–H and O–H groups in total. The lowest BCUT2D eigenvalue weighted by Crippen LogP contribution is -2.69. The molecule has 2 aliphatic heterocycles. The number of methoxy groups -OCH3 is 1. The quantitative estimate of drug-likeness (QED) is 0.0969. The van der Waals surface area contributed by atoms with E-state index < -0.39 is 40.5 Å². The summed E-state index contributed by atoms with van der Waals surface area (Å²) in [7, 11) is 1.58. The van der Waals surface area contributed by atoms with Crippen LogP contribution in [-0.4, -0.2) is 88.2 Å². The highest BCUT2D eigenvalue weighted by Crippen LogP contribution is 2.70. The first kappa shape index (κ1) is 31.3. The number of hydrogen-bond donors (Lipinski definition) is 5. The molecule has 240 valence electrons. The molecule has 6 rings (SSSR count). The van der Waals surface area contributed by atoms with Gasteiger partial charge < -0.3 is 40.0 Å². The van der Waals surface area contributed by atoms with Crippen molar-refractivity contribution in [1.82, 2.24) is 5.43 Å². The maximum atomic E-state index is 12.6. The SMILES string of the molecule is CO[C@H]1C[C@H](O[C@@H]2CC[C@]3(/C=N\NC(N)=S)[C@H]4CC[C@]5(C)[C@H](C6=CC(=O)OC6)CC[C@]5(O)[C@H]4CC[C@@]3(O)C2)O[C@H](C)[C@H]1O. The molecule has 0 spiro atoms. The van der Waals surface area contributed by atoms with E-state index in [1.54, 1.807) is 13.2 Å². The van der Waals surface area contributed by atoms with Crippen molar-refractivity contribution in [2.45, 2.75) is 120 Å². The largest absolute Gasteiger partial charge is 0.458 e. The van der Waals surface area contributed by atoms with Crippen LogP contribution in [0, 0.1) is 28.6 Å². The first-order chi connectivity index (χ1) is 20.4. The van der Waals surface area contributed by atoms with E-state index in [-0.39, 0.29) is 41.0 Å². The van der Waals surface area contributed by atoms with Crippen LogP contribution < -0.4 is 11.2 Å². The van der Waals surface area contributed by atoms with Gasteiger partial charge in [0.2, 0.25) is 0 Å². The van der Waals surface area contributed by atoms with E-state index in [2.05, 4.69) is 17.5 Å². The molecular formula is C31H47N3O8S. The molecule has 0 aromatic rings. The lowest BCUT2D eigenvalue weighted by Gasteiger charge is -2.66. The molecule has 0 aromatic carbocycles. The van der Waals surface area contributed by atoms with Gasteiger partial charge in [0.15, 0.2) is 11.4 Å². The standard InChI is InChI=1S/C31H47N3O8S/c1-17-26(36)23(39-3)13-25(41-17)42-19-4-9-29(16-33-34-27(32)43)21-5-8-28(2)20(18-12-24(35)40-15-18)7-11-31(28,38)22(21)6-10-30(29,37)14-19/h12,16-17,19-23,25-26,36-38H,4-11,13-15H2,1-3H3,(H3,32,34,43)/b33-16-/t17-,19-,20+,21+,22+,23+,25+,26-,28-,29+,30-,31+/m1/s1. The molecule has 0 bridgehead atoms. The van der Waals surface area contributed by atoms with Gasteiger partial charge in [0, 0.05) is 43.1 Å². The zero-order valence-electron chi connectivity index (χ0n) is 25.4. The van der Waals surface area contributed by atoms with Crippen molar-refractivity contribution in [3.8, 4) is 0 Å². The third-order valence-corrected chi connectivity index (χ3v) is 12.5. The minimum atomic E-state index is -1.13. The fourth-order valence-corrected chi connectivity index (χ4v) is 10.3. The minimum Gasteiger partial charge on any atom is -0.458 e. The average molecular weight is 622 g/mol. The van der Waals surface area contributed by atoms with Crippen LogP contribution >= 0.6 is 12.2 Å². The summed E-state index contributed by atoms with van der Waals surface area (Å²) in [4.78, 5) is 11.9. The number of aliphatic hydroxyl groups is 3. The van der Waals surface area contributed by atoms with E-state index >= 15 is 0 Å². The number of nitrogens with two attached hydrogens (primary N) is 1. The van der Waals surface area contributed by atoms with E-state index in [0.29, 0.717) is 51.6 Å². The predicted octanol–water partition coefficient (Wildman–Crippen LogP) is 2.05. The summed E-state index contributed by atoms with van der Waals surface area (Å²) in [5.74, 6) is -0.277. The number of fused-ring (bicyclic) bond motifs is 5. The normalized spacial score (nSPS) is 49.5. The third kappa shape index (κ3) is 4.96. The van der Waals surface area contributed by atoms with Crippen molar-refractivity contribution >= 4 is 29.5 Å². The number of nitrogens with one attached hydrogen (secondary N) is 1. The highest BCUT2D eigenvalue weighted by Gasteiger charge is 2.71. The van der Waals surface area contributed by atoms with Gasteiger partial charge in [-0.05, 0) is 93.8 Å². The first-order valence-corrected chi connectivity index (χ1v) is 16.2. The average Bonchev–Trinajstić information content (AvgIpc) is 3.50. The number of nitrogens with zero attached hydrogens (tertiary/aromatic N) is 1. The van der Waals surface area contributed by atoms with Crippen molar-refractivity contribution in [3.05, 3.63) is 11.6 Å². The summed E-state index contributed by atoms with van der Waals surface area (Å²) >= 11 is 5.01. The van der Waals surface area contributed by atoms with Crippen LogP contribution in [0.5, 0.6) is 0 Å². The van der Waals surface area contributed by atoms with Crippen LogP contribution in [0.15, 0.2) is 16.8 Å². The second-order valence-electron chi connectivity index (χ2n) is 14.1. The van der Waals surface area contributed by atoms with Crippen LogP contribution in [0.4, 0.5) is 0 Å². The van der Waals surface area contributed by atoms with Gasteiger partial charge >= 0.3 is 5.97 Å². The van der Waals surface area contributed by atoms with Gasteiger partial charge in [-0.15, -0.1) is 0 Å². The number of rotatable bonds is 6. The van der Waals surface area contributed by atoms with Crippen molar-refractivity contribution in [2.75, 3.05) is 13.7 Å². The zero-order valence-corrected chi connectivity index (χ0v) is 26.2. The van der Waals surface area contributed by atoms with Gasteiger partial charge in [0.05, 0.1) is 29.5 Å². The molecule has 0 radical (unpaired) electrons. The summed E-state index contributed by atoms with van der Waals surface area (Å²) in [6.07, 6.45) is 7.39. The monoisotopic (exact) mass is 621 g/mol. The fraction of sp³-hybridized carbons (Fsp3) is 0.839. The Morgan fingerprint density at radius 2 is 1.95 bits per heavy atom. The maximum Gasteiger partial charge on any atom is 0.331 e. The van der Waals surface area contributed by atoms with Crippen molar-refractivity contribution < 1.29 is 39.1 Å². The van der Waals surface area contributed by atoms with E-state index in [4.69, 9.17) is 36.9 Å². The highest BCUT2D eigenvalue weighted by atomic mass is 32.1. The molecule has 43 heavy (non-hydrogen) atoms. The number of cyclic esters (lactones) is 1. The van der Waals surface area contributed by atoms with E-state index in [1.807, 2.05) is 13.1 Å². The van der Waals surface area contributed by atoms with Crippen molar-refractivity contribution in [1.29, 1.82) is 0 Å². The Hall–Kier alpha value is -1.67. The molecule has 12 atom stereocenters. The summed E-state index contributed by atoms with van der Waals surface area (Å²) in [6.45, 7) is 4.29. The predicted molar refractivity (Wildman–Crippen MR) is 161 cm³/mol. The van der Waals surface area contributed by atoms with Gasteiger partial charge in [-0.1, -0.05) is 6.92 Å². The number of esters is 1. The molecule has 4 saturated carbocycles. The molecule has 0 unspecified atom stereocenters. The van der Waals surface area contributed by atoms with Gasteiger partial charge in [-0.25, -0.2) is 4.79 Å². The highest BCUT2D eigenvalue weighted by molar-refractivity contribution is 7.80. The number of aliphatic hydroxyl groups excluding tert-OH is 1. The van der Waals surface area contributed by atoms with Gasteiger partial charge in [-0.2, -0.15) is 5.10 Å². The molecule has 2 heterocycles. The topological polar surface area (TPSA) is 165 Å². The van der Waals surface area contributed by atoms with Crippen LogP contribution in [-0.2, 0) is 23.7 Å². The molecule has 0 aromatic heterocycles. The second kappa shape index (κ2) is 11.3. The second-order valence-corrected chi connectivity index (χ2v) is 14.6. The molecule has 12 heteroatoms. The summed E-state index contributed by atoms with van der Waals surface area (Å²) in [5.41, 5.74) is 6.21. The number of ether oxygens (including phenoxy) is 4. The van der Waals surface area contributed by atoms with Crippen LogP contribution in [0.3, 0.4) is 0 Å². The summed E-state index contributed by atoms with van der Waals surface area (Å²) < 4.78 is 23.1. The first-order valence-electron chi connectivity index (χ1n) is 15.8.